The Morgan fingerprint density at radius 3 is 1.96 bits per heavy atom. The lowest BCUT2D eigenvalue weighted by atomic mass is 9.85. The van der Waals surface area contributed by atoms with Gasteiger partial charge in [-0.15, -0.1) is 0 Å². The minimum absolute atomic E-state index is 0.206. The summed E-state index contributed by atoms with van der Waals surface area (Å²) in [7, 11) is 0. The fourth-order valence-electron chi connectivity index (χ4n) is 3.91. The van der Waals surface area contributed by atoms with Gasteiger partial charge >= 0.3 is 0 Å². The molecule has 1 unspecified atom stereocenters. The second-order valence-corrected chi connectivity index (χ2v) is 8.00. The third-order valence-electron chi connectivity index (χ3n) is 5.95. The van der Waals surface area contributed by atoms with Crippen molar-refractivity contribution in [2.24, 2.45) is 5.92 Å². The summed E-state index contributed by atoms with van der Waals surface area (Å²) in [5.74, 6) is 1.07. The maximum atomic E-state index is 12.9. The van der Waals surface area contributed by atoms with E-state index in [1.807, 2.05) is 28.0 Å². The Morgan fingerprint density at radius 1 is 0.929 bits per heavy atom. The minimum atomic E-state index is 0.206. The largest absolute Gasteiger partial charge is 0.339 e. The van der Waals surface area contributed by atoms with E-state index in [0.29, 0.717) is 44.9 Å². The molecule has 5 heteroatoms. The molecular formula is C23H37N3O2. The number of rotatable bonds is 9. The van der Waals surface area contributed by atoms with Gasteiger partial charge in [0.05, 0.1) is 0 Å². The van der Waals surface area contributed by atoms with Gasteiger partial charge in [0.15, 0.2) is 0 Å². The third-order valence-corrected chi connectivity index (χ3v) is 5.95. The molecule has 1 fully saturated rings. The highest BCUT2D eigenvalue weighted by molar-refractivity contribution is 5.79. The second-order valence-electron chi connectivity index (χ2n) is 8.00. The first kappa shape index (κ1) is 22.4. The van der Waals surface area contributed by atoms with Crippen LogP contribution < -0.4 is 0 Å². The van der Waals surface area contributed by atoms with Gasteiger partial charge in [-0.05, 0) is 30.5 Å². The van der Waals surface area contributed by atoms with Crippen molar-refractivity contribution >= 4 is 11.8 Å². The summed E-state index contributed by atoms with van der Waals surface area (Å²) >= 11 is 0. The molecule has 2 rings (SSSR count). The summed E-state index contributed by atoms with van der Waals surface area (Å²) in [6.45, 7) is 14.0. The van der Waals surface area contributed by atoms with Crippen LogP contribution in [-0.2, 0) is 9.59 Å². The first-order valence-corrected chi connectivity index (χ1v) is 10.8. The Balaban J connectivity index is 1.83. The first-order valence-electron chi connectivity index (χ1n) is 10.8. The smallest absolute Gasteiger partial charge is 0.223 e. The fourth-order valence-corrected chi connectivity index (χ4v) is 3.91. The van der Waals surface area contributed by atoms with Gasteiger partial charge in [0.1, 0.15) is 0 Å². The van der Waals surface area contributed by atoms with Crippen LogP contribution in [0.2, 0.25) is 0 Å². The topological polar surface area (TPSA) is 43.9 Å². The molecule has 0 N–H and O–H groups in total. The van der Waals surface area contributed by atoms with E-state index < -0.39 is 0 Å². The molecule has 28 heavy (non-hydrogen) atoms. The molecule has 1 aromatic rings. The van der Waals surface area contributed by atoms with Crippen molar-refractivity contribution in [3.63, 3.8) is 0 Å². The van der Waals surface area contributed by atoms with Crippen LogP contribution in [0, 0.1) is 5.92 Å². The molecular weight excluding hydrogens is 350 g/mol. The normalized spacial score (nSPS) is 15.9. The lowest BCUT2D eigenvalue weighted by molar-refractivity contribution is -0.140. The number of carbonyl (C=O) groups excluding carboxylic acids is 2. The number of carbonyl (C=O) groups is 2. The molecule has 1 aliphatic rings. The van der Waals surface area contributed by atoms with Gasteiger partial charge in [0.2, 0.25) is 11.8 Å². The summed E-state index contributed by atoms with van der Waals surface area (Å²) in [5.41, 5.74) is 1.23. The van der Waals surface area contributed by atoms with Crippen LogP contribution in [0.25, 0.3) is 0 Å². The van der Waals surface area contributed by atoms with Crippen molar-refractivity contribution in [1.29, 1.82) is 0 Å². The van der Waals surface area contributed by atoms with Gasteiger partial charge in [-0.3, -0.25) is 9.59 Å². The van der Waals surface area contributed by atoms with E-state index in [9.17, 15) is 9.59 Å². The average molecular weight is 388 g/mol. The number of nitrogens with zero attached hydrogens (tertiary/aromatic N) is 3. The molecule has 0 saturated carbocycles. The minimum Gasteiger partial charge on any atom is -0.339 e. The average Bonchev–Trinajstić information content (AvgIpc) is 2.73. The SMILES string of the molecule is CCN(CC)CCC(=O)N1CCN(C(=O)CC(c2ccccc2)C(C)C)CC1. The molecule has 0 aliphatic carbocycles. The van der Waals surface area contributed by atoms with Gasteiger partial charge in [0.25, 0.3) is 0 Å². The standard InChI is InChI=1S/C23H37N3O2/c1-5-24(6-2)13-12-22(27)25-14-16-26(17-15-25)23(28)18-21(19(3)4)20-10-8-7-9-11-20/h7-11,19,21H,5-6,12-18H2,1-4H3. The van der Waals surface area contributed by atoms with Crippen molar-refractivity contribution < 1.29 is 9.59 Å². The first-order chi connectivity index (χ1) is 13.5. The van der Waals surface area contributed by atoms with Crippen LogP contribution in [0.4, 0.5) is 0 Å². The van der Waals surface area contributed by atoms with E-state index in [4.69, 9.17) is 0 Å². The lowest BCUT2D eigenvalue weighted by Crippen LogP contribution is -2.51. The summed E-state index contributed by atoms with van der Waals surface area (Å²) in [6, 6.07) is 10.3. The van der Waals surface area contributed by atoms with Gasteiger partial charge < -0.3 is 14.7 Å². The summed E-state index contributed by atoms with van der Waals surface area (Å²) in [4.78, 5) is 31.5. The van der Waals surface area contributed by atoms with Crippen molar-refractivity contribution in [3.8, 4) is 0 Å². The highest BCUT2D eigenvalue weighted by atomic mass is 16.2. The van der Waals surface area contributed by atoms with Crippen molar-refractivity contribution in [3.05, 3.63) is 35.9 Å². The van der Waals surface area contributed by atoms with Crippen molar-refractivity contribution in [1.82, 2.24) is 14.7 Å². The maximum absolute atomic E-state index is 12.9. The molecule has 156 valence electrons. The number of hydrogen-bond donors (Lipinski definition) is 0. The Labute approximate surface area is 170 Å². The predicted octanol–water partition coefficient (Wildman–Crippen LogP) is 3.22. The van der Waals surface area contributed by atoms with Gasteiger partial charge in [-0.1, -0.05) is 58.0 Å². The van der Waals surface area contributed by atoms with E-state index in [1.54, 1.807) is 0 Å². The molecule has 1 atom stereocenters. The van der Waals surface area contributed by atoms with Crippen LogP contribution in [0.1, 0.15) is 52.0 Å². The monoisotopic (exact) mass is 387 g/mol. The molecule has 1 aromatic carbocycles. The van der Waals surface area contributed by atoms with Crippen molar-refractivity contribution in [2.45, 2.75) is 46.5 Å². The van der Waals surface area contributed by atoms with Crippen LogP contribution in [0.15, 0.2) is 30.3 Å². The molecule has 1 aliphatic heterocycles. The fraction of sp³-hybridized carbons (Fsp3) is 0.652. The molecule has 2 amide bonds. The molecule has 1 saturated heterocycles. The maximum Gasteiger partial charge on any atom is 0.223 e. The van der Waals surface area contributed by atoms with E-state index >= 15 is 0 Å². The summed E-state index contributed by atoms with van der Waals surface area (Å²) in [5, 5.41) is 0. The highest BCUT2D eigenvalue weighted by Crippen LogP contribution is 2.28. The third kappa shape index (κ3) is 6.33. The van der Waals surface area contributed by atoms with Crippen LogP contribution in [-0.4, -0.2) is 72.3 Å². The van der Waals surface area contributed by atoms with E-state index in [1.165, 1.54) is 5.56 Å². The molecule has 0 bridgehead atoms. The van der Waals surface area contributed by atoms with Crippen LogP contribution >= 0.6 is 0 Å². The Kier molecular flexibility index (Phi) is 8.97. The van der Waals surface area contributed by atoms with Gasteiger partial charge in [-0.2, -0.15) is 0 Å². The number of amides is 2. The second kappa shape index (κ2) is 11.2. The zero-order chi connectivity index (χ0) is 20.5. The van der Waals surface area contributed by atoms with Crippen molar-refractivity contribution in [2.75, 3.05) is 45.8 Å². The summed E-state index contributed by atoms with van der Waals surface area (Å²) < 4.78 is 0. The van der Waals surface area contributed by atoms with Crippen LogP contribution in [0.3, 0.4) is 0 Å². The Morgan fingerprint density at radius 2 is 1.46 bits per heavy atom. The van der Waals surface area contributed by atoms with E-state index in [0.717, 1.165) is 19.6 Å². The van der Waals surface area contributed by atoms with Gasteiger partial charge in [0, 0.05) is 45.6 Å². The molecule has 0 radical (unpaired) electrons. The zero-order valence-corrected chi connectivity index (χ0v) is 18.1. The zero-order valence-electron chi connectivity index (χ0n) is 18.1. The van der Waals surface area contributed by atoms with Gasteiger partial charge in [-0.25, -0.2) is 0 Å². The molecule has 1 heterocycles. The Hall–Kier alpha value is -1.88. The Bertz CT molecular complexity index is 606. The summed E-state index contributed by atoms with van der Waals surface area (Å²) in [6.07, 6.45) is 1.11. The number of hydrogen-bond acceptors (Lipinski definition) is 3. The predicted molar refractivity (Wildman–Crippen MR) is 114 cm³/mol. The number of piperazine rings is 1. The quantitative estimate of drug-likeness (QED) is 0.653. The highest BCUT2D eigenvalue weighted by Gasteiger charge is 2.27. The lowest BCUT2D eigenvalue weighted by Gasteiger charge is -2.36. The number of benzene rings is 1. The molecule has 5 nitrogen and oxygen atoms in total. The van der Waals surface area contributed by atoms with E-state index in [2.05, 4.69) is 44.7 Å². The molecule has 0 spiro atoms. The van der Waals surface area contributed by atoms with E-state index in [-0.39, 0.29) is 17.7 Å². The van der Waals surface area contributed by atoms with Crippen LogP contribution in [0.5, 0.6) is 0 Å². The molecule has 0 aromatic heterocycles.